The van der Waals surface area contributed by atoms with Crippen LogP contribution >= 0.6 is 0 Å². The molecule has 134 valence electrons. The zero-order valence-corrected chi connectivity index (χ0v) is 14.9. The van der Waals surface area contributed by atoms with Crippen LogP contribution in [-0.2, 0) is 21.2 Å². The summed E-state index contributed by atoms with van der Waals surface area (Å²) in [7, 11) is 1.62. The van der Waals surface area contributed by atoms with Crippen LogP contribution in [0.25, 0.3) is 0 Å². The predicted octanol–water partition coefficient (Wildman–Crippen LogP) is 1.15. The van der Waals surface area contributed by atoms with E-state index >= 15 is 0 Å². The summed E-state index contributed by atoms with van der Waals surface area (Å²) in [5.41, 5.74) is 0.803. The molecule has 1 heterocycles. The van der Waals surface area contributed by atoms with E-state index in [-0.39, 0.29) is 29.8 Å². The molecule has 7 nitrogen and oxygen atoms in total. The van der Waals surface area contributed by atoms with Gasteiger partial charge >= 0.3 is 0 Å². The van der Waals surface area contributed by atoms with Crippen LogP contribution in [0, 0.1) is 5.92 Å². The molecule has 0 bridgehead atoms. The normalized spacial score (nSPS) is 18.9. The Bertz CT molecular complexity index is 676. The Hall–Kier alpha value is -1.96. The molecule has 0 spiro atoms. The van der Waals surface area contributed by atoms with Gasteiger partial charge in [0.25, 0.3) is 0 Å². The van der Waals surface area contributed by atoms with Crippen LogP contribution < -0.4 is 19.5 Å². The number of carbonyl (C=O) groups excluding carboxylic acids is 1. The van der Waals surface area contributed by atoms with Crippen LogP contribution in [0.3, 0.4) is 0 Å². The maximum atomic E-state index is 12.0. The molecule has 24 heavy (non-hydrogen) atoms. The van der Waals surface area contributed by atoms with Gasteiger partial charge in [-0.1, -0.05) is 0 Å². The Labute approximate surface area is 142 Å². The molecule has 1 N–H and O–H groups in total. The van der Waals surface area contributed by atoms with E-state index in [2.05, 4.69) is 5.32 Å². The number of amides is 1. The molecule has 0 aromatic heterocycles. The topological polar surface area (TPSA) is 90.9 Å². The van der Waals surface area contributed by atoms with Gasteiger partial charge in [-0.2, -0.15) is 0 Å². The maximum absolute atomic E-state index is 12.0. The Kier molecular flexibility index (Phi) is 5.93. The van der Waals surface area contributed by atoms with Crippen molar-refractivity contribution in [3.8, 4) is 17.2 Å². The van der Waals surface area contributed by atoms with Gasteiger partial charge in [-0.15, -0.1) is 0 Å². The van der Waals surface area contributed by atoms with Gasteiger partial charge in [-0.05, 0) is 30.0 Å². The summed E-state index contributed by atoms with van der Waals surface area (Å²) in [6.45, 7) is 0.301. The zero-order chi connectivity index (χ0) is 17.7. The molecule has 2 rings (SSSR count). The van der Waals surface area contributed by atoms with Gasteiger partial charge in [0.05, 0.1) is 32.8 Å². The Balaban J connectivity index is 1.97. The first-order valence-corrected chi connectivity index (χ1v) is 9.46. The average Bonchev–Trinajstić information content (AvgIpc) is 2.90. The predicted molar refractivity (Wildman–Crippen MR) is 89.3 cm³/mol. The van der Waals surface area contributed by atoms with Gasteiger partial charge in [-0.25, -0.2) is 8.42 Å². The lowest BCUT2D eigenvalue weighted by Gasteiger charge is -2.15. The summed E-state index contributed by atoms with van der Waals surface area (Å²) in [5.74, 6) is 1.56. The third kappa shape index (κ3) is 4.53. The van der Waals surface area contributed by atoms with Gasteiger partial charge in [-0.3, -0.25) is 4.79 Å². The fourth-order valence-electron chi connectivity index (χ4n) is 2.81. The molecular formula is C16H23NO6S. The van der Waals surface area contributed by atoms with E-state index in [9.17, 15) is 13.2 Å². The highest BCUT2D eigenvalue weighted by molar-refractivity contribution is 7.91. The van der Waals surface area contributed by atoms with Gasteiger partial charge in [0.1, 0.15) is 0 Å². The summed E-state index contributed by atoms with van der Waals surface area (Å²) in [6, 6.07) is 3.53. The van der Waals surface area contributed by atoms with Crippen LogP contribution in [0.15, 0.2) is 12.1 Å². The van der Waals surface area contributed by atoms with Crippen molar-refractivity contribution < 1.29 is 27.4 Å². The first-order chi connectivity index (χ1) is 11.4. The number of ether oxygens (including phenoxy) is 3. The first-order valence-electron chi connectivity index (χ1n) is 7.64. The van der Waals surface area contributed by atoms with E-state index in [1.54, 1.807) is 12.1 Å². The SMILES string of the molecule is COc1cc(CNC(=O)C[C@@H]2CCS(=O)(=O)C2)cc(OC)c1OC. The lowest BCUT2D eigenvalue weighted by molar-refractivity contribution is -0.122. The molecule has 1 saturated heterocycles. The number of nitrogens with one attached hydrogen (secondary N) is 1. The molecule has 1 aliphatic heterocycles. The smallest absolute Gasteiger partial charge is 0.220 e. The van der Waals surface area contributed by atoms with Crippen LogP contribution in [0.5, 0.6) is 17.2 Å². The minimum absolute atomic E-state index is 0.0880. The van der Waals surface area contributed by atoms with Crippen LogP contribution in [0.1, 0.15) is 18.4 Å². The summed E-state index contributed by atoms with van der Waals surface area (Å²) in [6.07, 6.45) is 0.781. The molecule has 1 aromatic rings. The molecule has 1 aromatic carbocycles. The first kappa shape index (κ1) is 18.4. The maximum Gasteiger partial charge on any atom is 0.220 e. The summed E-state index contributed by atoms with van der Waals surface area (Å²) in [5, 5.41) is 2.81. The number of hydrogen-bond acceptors (Lipinski definition) is 6. The second-order valence-electron chi connectivity index (χ2n) is 5.78. The summed E-state index contributed by atoms with van der Waals surface area (Å²) < 4.78 is 38.7. The lowest BCUT2D eigenvalue weighted by atomic mass is 10.0. The number of sulfone groups is 1. The highest BCUT2D eigenvalue weighted by atomic mass is 32.2. The number of methoxy groups -OCH3 is 3. The van der Waals surface area contributed by atoms with Gasteiger partial charge in [0, 0.05) is 13.0 Å². The number of hydrogen-bond donors (Lipinski definition) is 1. The largest absolute Gasteiger partial charge is 0.493 e. The lowest BCUT2D eigenvalue weighted by Crippen LogP contribution is -2.25. The average molecular weight is 357 g/mol. The van der Waals surface area contributed by atoms with Crippen molar-refractivity contribution in [3.05, 3.63) is 17.7 Å². The number of benzene rings is 1. The van der Waals surface area contributed by atoms with Crippen molar-refractivity contribution in [2.75, 3.05) is 32.8 Å². The second kappa shape index (κ2) is 7.74. The van der Waals surface area contributed by atoms with Crippen LogP contribution in [-0.4, -0.2) is 47.2 Å². The number of rotatable bonds is 7. The van der Waals surface area contributed by atoms with Crippen LogP contribution in [0.2, 0.25) is 0 Å². The van der Waals surface area contributed by atoms with E-state index in [0.717, 1.165) is 5.56 Å². The summed E-state index contributed by atoms with van der Waals surface area (Å²) in [4.78, 5) is 12.0. The van der Waals surface area contributed by atoms with E-state index in [1.807, 2.05) is 0 Å². The van der Waals surface area contributed by atoms with E-state index < -0.39 is 9.84 Å². The van der Waals surface area contributed by atoms with Crippen LogP contribution in [0.4, 0.5) is 0 Å². The molecule has 0 unspecified atom stereocenters. The van der Waals surface area contributed by atoms with Crippen molar-refractivity contribution in [2.45, 2.75) is 19.4 Å². The standard InChI is InChI=1S/C16H23NO6S/c1-21-13-6-12(7-14(22-2)16(13)23-3)9-17-15(18)8-11-4-5-24(19,20)10-11/h6-7,11H,4-5,8-10H2,1-3H3,(H,17,18)/t11-/m0/s1. The fourth-order valence-corrected chi connectivity index (χ4v) is 4.67. The highest BCUT2D eigenvalue weighted by Crippen LogP contribution is 2.38. The van der Waals surface area contributed by atoms with E-state index in [4.69, 9.17) is 14.2 Å². The highest BCUT2D eigenvalue weighted by Gasteiger charge is 2.29. The van der Waals surface area contributed by atoms with Crippen molar-refractivity contribution in [1.29, 1.82) is 0 Å². The molecule has 0 radical (unpaired) electrons. The monoisotopic (exact) mass is 357 g/mol. The molecule has 8 heteroatoms. The minimum Gasteiger partial charge on any atom is -0.493 e. The molecule has 1 amide bonds. The van der Waals surface area contributed by atoms with Gasteiger partial charge < -0.3 is 19.5 Å². The Morgan fingerprint density at radius 3 is 2.25 bits per heavy atom. The van der Waals surface area contributed by atoms with E-state index in [0.29, 0.717) is 30.2 Å². The Morgan fingerprint density at radius 2 is 1.79 bits per heavy atom. The molecule has 0 aliphatic carbocycles. The Morgan fingerprint density at radius 1 is 1.17 bits per heavy atom. The summed E-state index contributed by atoms with van der Waals surface area (Å²) >= 11 is 0. The second-order valence-corrected chi connectivity index (χ2v) is 8.01. The quantitative estimate of drug-likeness (QED) is 0.787. The minimum atomic E-state index is -2.96. The van der Waals surface area contributed by atoms with E-state index in [1.165, 1.54) is 21.3 Å². The van der Waals surface area contributed by atoms with Crippen molar-refractivity contribution in [3.63, 3.8) is 0 Å². The molecule has 1 fully saturated rings. The van der Waals surface area contributed by atoms with Crippen molar-refractivity contribution in [1.82, 2.24) is 5.32 Å². The van der Waals surface area contributed by atoms with Gasteiger partial charge in [0.2, 0.25) is 11.7 Å². The zero-order valence-electron chi connectivity index (χ0n) is 14.1. The third-order valence-electron chi connectivity index (χ3n) is 4.02. The molecule has 1 aliphatic rings. The molecular weight excluding hydrogens is 334 g/mol. The van der Waals surface area contributed by atoms with Crippen molar-refractivity contribution in [2.24, 2.45) is 5.92 Å². The van der Waals surface area contributed by atoms with Gasteiger partial charge in [0.15, 0.2) is 21.3 Å². The van der Waals surface area contributed by atoms with Crippen molar-refractivity contribution >= 4 is 15.7 Å². The fraction of sp³-hybridized carbons (Fsp3) is 0.562. The number of carbonyl (C=O) groups is 1. The molecule has 1 atom stereocenters. The third-order valence-corrected chi connectivity index (χ3v) is 5.85. The molecule has 0 saturated carbocycles.